The predicted octanol–water partition coefficient (Wildman–Crippen LogP) is 5.19. The third-order valence-corrected chi connectivity index (χ3v) is 7.16. The lowest BCUT2D eigenvalue weighted by molar-refractivity contribution is 0.751. The third kappa shape index (κ3) is 3.83. The first-order valence-electron chi connectivity index (χ1n) is 9.75. The lowest BCUT2D eigenvalue weighted by Gasteiger charge is -2.08. The Morgan fingerprint density at radius 2 is 2.00 bits per heavy atom. The van der Waals surface area contributed by atoms with Gasteiger partial charge in [0.1, 0.15) is 10.7 Å². The van der Waals surface area contributed by atoms with Crippen molar-refractivity contribution in [3.05, 3.63) is 80.2 Å². The average molecular weight is 481 g/mol. The second-order valence-corrected chi connectivity index (χ2v) is 9.48. The zero-order valence-corrected chi connectivity index (χ0v) is 19.6. The maximum Gasteiger partial charge on any atom is 0.260 e. The molecule has 160 valence electrons. The summed E-state index contributed by atoms with van der Waals surface area (Å²) in [6.07, 6.45) is 0. The molecule has 0 saturated heterocycles. The molecule has 0 saturated carbocycles. The Morgan fingerprint density at radius 3 is 2.84 bits per heavy atom. The van der Waals surface area contributed by atoms with E-state index in [1.54, 1.807) is 4.68 Å². The van der Waals surface area contributed by atoms with Crippen molar-refractivity contribution in [2.45, 2.75) is 24.8 Å². The number of halogens is 1. The summed E-state index contributed by atoms with van der Waals surface area (Å²) in [4.78, 5) is 21.2. The van der Waals surface area contributed by atoms with E-state index in [0.717, 1.165) is 27.9 Å². The molecule has 0 fully saturated rings. The number of tetrazole rings is 1. The molecule has 0 aliphatic carbocycles. The van der Waals surface area contributed by atoms with Gasteiger partial charge in [-0.25, -0.2) is 4.98 Å². The molecule has 5 aromatic rings. The molecule has 0 unspecified atom stereocenters. The predicted molar refractivity (Wildman–Crippen MR) is 129 cm³/mol. The van der Waals surface area contributed by atoms with Crippen LogP contribution in [0.1, 0.15) is 17.0 Å². The van der Waals surface area contributed by atoms with Gasteiger partial charge in [-0.15, -0.1) is 16.4 Å². The van der Waals surface area contributed by atoms with Crippen molar-refractivity contribution in [2.75, 3.05) is 0 Å². The highest BCUT2D eigenvalue weighted by molar-refractivity contribution is 7.98. The summed E-state index contributed by atoms with van der Waals surface area (Å²) in [7, 11) is 0. The fraction of sp³-hybridized carbons (Fsp3) is 0.136. The van der Waals surface area contributed by atoms with Gasteiger partial charge in [0.05, 0.1) is 16.8 Å². The fourth-order valence-electron chi connectivity index (χ4n) is 3.44. The number of thioether (sulfide) groups is 1. The molecule has 1 N–H and O–H groups in total. The van der Waals surface area contributed by atoms with Crippen LogP contribution >= 0.6 is 34.7 Å². The Morgan fingerprint density at radius 1 is 1.16 bits per heavy atom. The van der Waals surface area contributed by atoms with Crippen molar-refractivity contribution in [1.82, 2.24) is 30.2 Å². The van der Waals surface area contributed by atoms with Gasteiger partial charge < -0.3 is 4.98 Å². The number of nitrogens with zero attached hydrogens (tertiary/aromatic N) is 5. The van der Waals surface area contributed by atoms with Crippen molar-refractivity contribution in [3.8, 4) is 16.8 Å². The SMILES string of the molecule is Cc1ccc(C)c(-n2nnnc2SCc2nc3scc(-c4ccccc4Cl)c3c(=O)[nH]2)c1. The van der Waals surface area contributed by atoms with Gasteiger partial charge in [0, 0.05) is 21.5 Å². The zero-order chi connectivity index (χ0) is 22.2. The minimum absolute atomic E-state index is 0.184. The third-order valence-electron chi connectivity index (χ3n) is 5.03. The molecule has 0 bridgehead atoms. The first-order valence-corrected chi connectivity index (χ1v) is 12.0. The lowest BCUT2D eigenvalue weighted by Crippen LogP contribution is -2.11. The topological polar surface area (TPSA) is 89.3 Å². The molecule has 0 radical (unpaired) electrons. The highest BCUT2D eigenvalue weighted by Gasteiger charge is 2.16. The summed E-state index contributed by atoms with van der Waals surface area (Å²) in [6.45, 7) is 4.05. The number of fused-ring (bicyclic) bond motifs is 1. The van der Waals surface area contributed by atoms with Gasteiger partial charge in [-0.3, -0.25) is 4.79 Å². The standard InChI is InChI=1S/C22H17ClN6OS2/c1-12-7-8-13(2)17(9-12)29-22(26-27-28-29)32-11-18-24-20(30)19-15(10-31-21(19)25-18)14-5-3-4-6-16(14)23/h3-10H,11H2,1-2H3,(H,24,25,30). The molecule has 0 atom stereocenters. The average Bonchev–Trinajstić information content (AvgIpc) is 3.41. The van der Waals surface area contributed by atoms with E-state index < -0.39 is 0 Å². The van der Waals surface area contributed by atoms with Gasteiger partial charge in [-0.1, -0.05) is 53.7 Å². The van der Waals surface area contributed by atoms with Crippen LogP contribution in [0.3, 0.4) is 0 Å². The minimum Gasteiger partial charge on any atom is -0.309 e. The molecule has 3 aromatic heterocycles. The zero-order valence-electron chi connectivity index (χ0n) is 17.2. The Kier molecular flexibility index (Phi) is 5.54. The van der Waals surface area contributed by atoms with E-state index in [1.165, 1.54) is 23.1 Å². The Labute approximate surface area is 196 Å². The van der Waals surface area contributed by atoms with E-state index in [4.69, 9.17) is 11.6 Å². The molecular weight excluding hydrogens is 464 g/mol. The first-order chi connectivity index (χ1) is 15.5. The fourth-order valence-corrected chi connectivity index (χ4v) is 5.39. The second kappa shape index (κ2) is 8.50. The van der Waals surface area contributed by atoms with E-state index >= 15 is 0 Å². The number of hydrogen-bond acceptors (Lipinski definition) is 7. The van der Waals surface area contributed by atoms with E-state index in [-0.39, 0.29) is 5.56 Å². The van der Waals surface area contributed by atoms with Crippen LogP contribution in [0.15, 0.2) is 57.8 Å². The van der Waals surface area contributed by atoms with Gasteiger partial charge in [-0.2, -0.15) is 4.68 Å². The number of H-pyrrole nitrogens is 1. The summed E-state index contributed by atoms with van der Waals surface area (Å²) in [5, 5.41) is 15.8. The van der Waals surface area contributed by atoms with Gasteiger partial charge in [0.15, 0.2) is 0 Å². The molecule has 0 aliphatic rings. The van der Waals surface area contributed by atoms with Crippen LogP contribution in [0.5, 0.6) is 0 Å². The van der Waals surface area contributed by atoms with E-state index in [9.17, 15) is 4.79 Å². The molecule has 0 spiro atoms. The van der Waals surface area contributed by atoms with E-state index in [0.29, 0.717) is 32.0 Å². The van der Waals surface area contributed by atoms with Crippen LogP contribution in [0, 0.1) is 13.8 Å². The monoisotopic (exact) mass is 480 g/mol. The van der Waals surface area contributed by atoms with Crippen LogP contribution in [0.25, 0.3) is 27.0 Å². The van der Waals surface area contributed by atoms with Crippen LogP contribution in [0.4, 0.5) is 0 Å². The normalized spacial score (nSPS) is 11.3. The largest absolute Gasteiger partial charge is 0.309 e. The number of aromatic nitrogens is 6. The van der Waals surface area contributed by atoms with E-state index in [2.05, 4.69) is 31.6 Å². The molecule has 2 aromatic carbocycles. The second-order valence-electron chi connectivity index (χ2n) is 7.27. The quantitative estimate of drug-likeness (QED) is 0.348. The van der Waals surface area contributed by atoms with Gasteiger partial charge >= 0.3 is 0 Å². The Bertz CT molecular complexity index is 1510. The number of rotatable bonds is 5. The van der Waals surface area contributed by atoms with Crippen molar-refractivity contribution in [2.24, 2.45) is 0 Å². The summed E-state index contributed by atoms with van der Waals surface area (Å²) in [5.41, 5.74) is 4.56. The van der Waals surface area contributed by atoms with Gasteiger partial charge in [-0.05, 0) is 47.5 Å². The smallest absolute Gasteiger partial charge is 0.260 e. The maximum atomic E-state index is 12.9. The van der Waals surface area contributed by atoms with Crippen molar-refractivity contribution in [3.63, 3.8) is 0 Å². The molecule has 0 aliphatic heterocycles. The summed E-state index contributed by atoms with van der Waals surface area (Å²) in [5.74, 6) is 0.992. The number of benzene rings is 2. The minimum atomic E-state index is -0.184. The molecule has 10 heteroatoms. The van der Waals surface area contributed by atoms with Crippen molar-refractivity contribution < 1.29 is 0 Å². The summed E-state index contributed by atoms with van der Waals surface area (Å²) in [6, 6.07) is 13.6. The first kappa shape index (κ1) is 20.9. The molecule has 5 rings (SSSR count). The van der Waals surface area contributed by atoms with Crippen molar-refractivity contribution >= 4 is 44.9 Å². The molecular formula is C22H17ClN6OS2. The number of thiophene rings is 1. The number of hydrogen-bond donors (Lipinski definition) is 1. The highest BCUT2D eigenvalue weighted by Crippen LogP contribution is 2.35. The van der Waals surface area contributed by atoms with Crippen LogP contribution in [-0.2, 0) is 5.75 Å². The number of nitrogens with one attached hydrogen (secondary N) is 1. The number of aromatic amines is 1. The lowest BCUT2D eigenvalue weighted by atomic mass is 10.1. The van der Waals surface area contributed by atoms with Crippen molar-refractivity contribution in [1.29, 1.82) is 0 Å². The maximum absolute atomic E-state index is 12.9. The van der Waals surface area contributed by atoms with Crippen LogP contribution in [0.2, 0.25) is 5.02 Å². The highest BCUT2D eigenvalue weighted by atomic mass is 35.5. The summed E-state index contributed by atoms with van der Waals surface area (Å²) < 4.78 is 1.71. The van der Waals surface area contributed by atoms with E-state index in [1.807, 2.05) is 55.6 Å². The van der Waals surface area contributed by atoms with Gasteiger partial charge in [0.25, 0.3) is 5.56 Å². The number of aryl methyl sites for hydroxylation is 2. The molecule has 32 heavy (non-hydrogen) atoms. The molecule has 3 heterocycles. The van der Waals surface area contributed by atoms with Crippen LogP contribution < -0.4 is 5.56 Å². The van der Waals surface area contributed by atoms with Crippen LogP contribution in [-0.4, -0.2) is 30.2 Å². The Hall–Kier alpha value is -3.01. The molecule has 0 amide bonds. The van der Waals surface area contributed by atoms with Gasteiger partial charge in [0.2, 0.25) is 5.16 Å². The summed E-state index contributed by atoms with van der Waals surface area (Å²) >= 11 is 9.19. The molecule has 7 nitrogen and oxygen atoms in total. The Balaban J connectivity index is 1.45.